The smallest absolute Gasteiger partial charge is 0.0700 e. The fraction of sp³-hybridized carbons (Fsp3) is 0.625. The standard InChI is InChI=1S/C16H27NO2/c1-4-16(15-8-6-14(2)7-9-15)17-10-5-11-19-13-12-18-3/h6-9,16-17H,4-5,10-13H2,1-3H3. The Morgan fingerprint density at radius 3 is 2.47 bits per heavy atom. The third-order valence-electron chi connectivity index (χ3n) is 3.18. The lowest BCUT2D eigenvalue weighted by molar-refractivity contribution is 0.0692. The first-order valence-corrected chi connectivity index (χ1v) is 7.14. The van der Waals surface area contributed by atoms with Gasteiger partial charge in [0, 0.05) is 19.8 Å². The van der Waals surface area contributed by atoms with Crippen molar-refractivity contribution in [3.05, 3.63) is 35.4 Å². The Hall–Kier alpha value is -0.900. The van der Waals surface area contributed by atoms with Gasteiger partial charge in [-0.2, -0.15) is 0 Å². The van der Waals surface area contributed by atoms with Gasteiger partial charge in [0.25, 0.3) is 0 Å². The number of hydrogen-bond acceptors (Lipinski definition) is 3. The largest absolute Gasteiger partial charge is 0.382 e. The molecule has 0 saturated heterocycles. The third-order valence-corrected chi connectivity index (χ3v) is 3.18. The van der Waals surface area contributed by atoms with E-state index < -0.39 is 0 Å². The third kappa shape index (κ3) is 6.71. The van der Waals surface area contributed by atoms with Gasteiger partial charge in [-0.1, -0.05) is 36.8 Å². The summed E-state index contributed by atoms with van der Waals surface area (Å²) in [6, 6.07) is 9.22. The molecule has 1 aromatic carbocycles. The van der Waals surface area contributed by atoms with Crippen molar-refractivity contribution in [3.8, 4) is 0 Å². The molecular formula is C16H27NO2. The summed E-state index contributed by atoms with van der Waals surface area (Å²) < 4.78 is 10.4. The van der Waals surface area contributed by atoms with Crippen molar-refractivity contribution in [1.82, 2.24) is 5.32 Å². The fourth-order valence-corrected chi connectivity index (χ4v) is 1.99. The molecule has 1 atom stereocenters. The number of nitrogens with one attached hydrogen (secondary N) is 1. The van der Waals surface area contributed by atoms with Crippen molar-refractivity contribution < 1.29 is 9.47 Å². The Morgan fingerprint density at radius 1 is 1.11 bits per heavy atom. The highest BCUT2D eigenvalue weighted by molar-refractivity contribution is 5.23. The lowest BCUT2D eigenvalue weighted by atomic mass is 10.0. The molecule has 1 rings (SSSR count). The number of hydrogen-bond donors (Lipinski definition) is 1. The molecule has 0 fully saturated rings. The van der Waals surface area contributed by atoms with Crippen LogP contribution in [0.25, 0.3) is 0 Å². The maximum atomic E-state index is 5.45. The van der Waals surface area contributed by atoms with E-state index in [0.717, 1.165) is 26.0 Å². The van der Waals surface area contributed by atoms with Crippen LogP contribution < -0.4 is 5.32 Å². The summed E-state index contributed by atoms with van der Waals surface area (Å²) in [5.74, 6) is 0. The van der Waals surface area contributed by atoms with Crippen molar-refractivity contribution >= 4 is 0 Å². The predicted molar refractivity (Wildman–Crippen MR) is 79.5 cm³/mol. The minimum absolute atomic E-state index is 0.444. The zero-order valence-corrected chi connectivity index (χ0v) is 12.4. The SMILES string of the molecule is CCC(NCCCOCCOC)c1ccc(C)cc1. The molecule has 0 saturated carbocycles. The van der Waals surface area contributed by atoms with E-state index in [1.807, 2.05) is 0 Å². The van der Waals surface area contributed by atoms with Gasteiger partial charge >= 0.3 is 0 Å². The van der Waals surface area contributed by atoms with E-state index in [0.29, 0.717) is 19.3 Å². The highest BCUT2D eigenvalue weighted by atomic mass is 16.5. The van der Waals surface area contributed by atoms with E-state index in [9.17, 15) is 0 Å². The van der Waals surface area contributed by atoms with Crippen LogP contribution in [0, 0.1) is 6.92 Å². The predicted octanol–water partition coefficient (Wildman–Crippen LogP) is 3.09. The first-order valence-electron chi connectivity index (χ1n) is 7.14. The van der Waals surface area contributed by atoms with E-state index in [1.165, 1.54) is 11.1 Å². The molecule has 0 radical (unpaired) electrons. The first-order chi connectivity index (χ1) is 9.27. The summed E-state index contributed by atoms with van der Waals surface area (Å²) in [4.78, 5) is 0. The summed E-state index contributed by atoms with van der Waals surface area (Å²) in [7, 11) is 1.69. The molecule has 3 nitrogen and oxygen atoms in total. The molecule has 0 heterocycles. The molecule has 0 spiro atoms. The summed E-state index contributed by atoms with van der Waals surface area (Å²) in [6.07, 6.45) is 2.14. The lowest BCUT2D eigenvalue weighted by Gasteiger charge is -2.17. The van der Waals surface area contributed by atoms with E-state index in [-0.39, 0.29) is 0 Å². The van der Waals surface area contributed by atoms with Gasteiger partial charge in [0.2, 0.25) is 0 Å². The van der Waals surface area contributed by atoms with Crippen LogP contribution in [0.3, 0.4) is 0 Å². The van der Waals surface area contributed by atoms with E-state index in [2.05, 4.69) is 43.4 Å². The van der Waals surface area contributed by atoms with E-state index >= 15 is 0 Å². The molecule has 0 aromatic heterocycles. The molecule has 3 heteroatoms. The average Bonchev–Trinajstić information content (AvgIpc) is 2.43. The lowest BCUT2D eigenvalue weighted by Crippen LogP contribution is -2.23. The van der Waals surface area contributed by atoms with Gasteiger partial charge in [0.05, 0.1) is 13.2 Å². The van der Waals surface area contributed by atoms with Crippen molar-refractivity contribution in [1.29, 1.82) is 0 Å². The summed E-state index contributed by atoms with van der Waals surface area (Å²) >= 11 is 0. The quantitative estimate of drug-likeness (QED) is 0.659. The fourth-order valence-electron chi connectivity index (χ4n) is 1.99. The Balaban J connectivity index is 2.20. The van der Waals surface area contributed by atoms with Crippen molar-refractivity contribution in [2.24, 2.45) is 0 Å². The second kappa shape index (κ2) is 9.96. The maximum absolute atomic E-state index is 5.45. The van der Waals surface area contributed by atoms with Gasteiger partial charge < -0.3 is 14.8 Å². The number of ether oxygens (including phenoxy) is 2. The van der Waals surface area contributed by atoms with Crippen LogP contribution >= 0.6 is 0 Å². The molecule has 1 unspecified atom stereocenters. The minimum Gasteiger partial charge on any atom is -0.382 e. The molecule has 0 aliphatic heterocycles. The highest BCUT2D eigenvalue weighted by Gasteiger charge is 2.07. The van der Waals surface area contributed by atoms with Gasteiger partial charge in [0.1, 0.15) is 0 Å². The van der Waals surface area contributed by atoms with Crippen LogP contribution in [0.5, 0.6) is 0 Å². The molecule has 1 N–H and O–H groups in total. The van der Waals surface area contributed by atoms with Crippen LogP contribution in [0.4, 0.5) is 0 Å². The first kappa shape index (κ1) is 16.2. The van der Waals surface area contributed by atoms with Gasteiger partial charge in [0.15, 0.2) is 0 Å². The highest BCUT2D eigenvalue weighted by Crippen LogP contribution is 2.16. The van der Waals surface area contributed by atoms with Crippen molar-refractivity contribution in [3.63, 3.8) is 0 Å². The van der Waals surface area contributed by atoms with Gasteiger partial charge in [-0.15, -0.1) is 0 Å². The number of benzene rings is 1. The van der Waals surface area contributed by atoms with Gasteiger partial charge in [-0.25, -0.2) is 0 Å². The molecule has 0 amide bonds. The number of rotatable bonds is 10. The molecule has 108 valence electrons. The second-order valence-corrected chi connectivity index (χ2v) is 4.78. The number of aryl methyl sites for hydroxylation is 1. The maximum Gasteiger partial charge on any atom is 0.0700 e. The Morgan fingerprint density at radius 2 is 1.84 bits per heavy atom. The Kier molecular flexibility index (Phi) is 8.47. The average molecular weight is 265 g/mol. The van der Waals surface area contributed by atoms with Crippen LogP contribution in [0.15, 0.2) is 24.3 Å². The van der Waals surface area contributed by atoms with Crippen molar-refractivity contribution in [2.75, 3.05) is 33.5 Å². The zero-order chi connectivity index (χ0) is 13.9. The van der Waals surface area contributed by atoms with Crippen LogP contribution in [0.2, 0.25) is 0 Å². The summed E-state index contributed by atoms with van der Waals surface area (Å²) in [5, 5.41) is 3.58. The van der Waals surface area contributed by atoms with Crippen molar-refractivity contribution in [2.45, 2.75) is 32.7 Å². The normalized spacial score (nSPS) is 12.6. The molecular weight excluding hydrogens is 238 g/mol. The molecule has 0 aliphatic rings. The van der Waals surface area contributed by atoms with Crippen LogP contribution in [-0.2, 0) is 9.47 Å². The van der Waals surface area contributed by atoms with E-state index in [4.69, 9.17) is 9.47 Å². The Bertz CT molecular complexity index is 324. The van der Waals surface area contributed by atoms with Crippen LogP contribution in [-0.4, -0.2) is 33.5 Å². The van der Waals surface area contributed by atoms with Gasteiger partial charge in [-0.05, 0) is 31.9 Å². The topological polar surface area (TPSA) is 30.5 Å². The summed E-state index contributed by atoms with van der Waals surface area (Å²) in [5.41, 5.74) is 2.68. The molecule has 0 aliphatic carbocycles. The second-order valence-electron chi connectivity index (χ2n) is 4.78. The van der Waals surface area contributed by atoms with Crippen LogP contribution in [0.1, 0.15) is 36.9 Å². The number of methoxy groups -OCH3 is 1. The summed E-state index contributed by atoms with van der Waals surface area (Å²) in [6.45, 7) is 7.47. The monoisotopic (exact) mass is 265 g/mol. The minimum atomic E-state index is 0.444. The van der Waals surface area contributed by atoms with E-state index in [1.54, 1.807) is 7.11 Å². The van der Waals surface area contributed by atoms with Gasteiger partial charge in [-0.3, -0.25) is 0 Å². The molecule has 1 aromatic rings. The Labute approximate surface area is 117 Å². The molecule has 0 bridgehead atoms. The molecule has 19 heavy (non-hydrogen) atoms. The zero-order valence-electron chi connectivity index (χ0n) is 12.4.